The molecule has 4 atom stereocenters. The molecule has 6 fully saturated rings. The Morgan fingerprint density at radius 1 is 0.600 bits per heavy atom. The fourth-order valence-corrected chi connectivity index (χ4v) is 16.1. The predicted octanol–water partition coefficient (Wildman–Crippen LogP) is 17.3. The minimum absolute atomic E-state index is 0.00829. The molecule has 95 heavy (non-hydrogen) atoms. The number of nitrogens with zero attached hydrogens (tertiary/aromatic N) is 4. The van der Waals surface area contributed by atoms with Crippen molar-refractivity contribution in [1.29, 1.82) is 0 Å². The number of hydrogen-bond donors (Lipinski definition) is 2. The van der Waals surface area contributed by atoms with E-state index in [0.717, 1.165) is 112 Å². The van der Waals surface area contributed by atoms with Gasteiger partial charge < -0.3 is 58.0 Å². The lowest BCUT2D eigenvalue weighted by molar-refractivity contribution is -0.275. The number of carbonyl (C=O) groups is 2. The molecule has 508 valence electrons. The topological polar surface area (TPSA) is 224 Å². The van der Waals surface area contributed by atoms with Crippen molar-refractivity contribution in [2.24, 2.45) is 29.4 Å². The van der Waals surface area contributed by atoms with Crippen LogP contribution >= 0.6 is 38.6 Å². The summed E-state index contributed by atoms with van der Waals surface area (Å²) in [5, 5.41) is 12.8. The van der Waals surface area contributed by atoms with Crippen LogP contribution in [0.4, 0.5) is 31.5 Å². The molecule has 0 radical (unpaired) electrons. The summed E-state index contributed by atoms with van der Waals surface area (Å²) >= 11 is 6.28. The summed E-state index contributed by atoms with van der Waals surface area (Å²) in [5.41, 5.74) is 11.3. The van der Waals surface area contributed by atoms with Crippen LogP contribution in [0.1, 0.15) is 160 Å². The molecule has 3 N–H and O–H groups in total. The van der Waals surface area contributed by atoms with Gasteiger partial charge in [-0.2, -0.15) is 0 Å². The summed E-state index contributed by atoms with van der Waals surface area (Å²) < 4.78 is 135. The zero-order chi connectivity index (χ0) is 67.0. The van der Waals surface area contributed by atoms with E-state index in [1.54, 1.807) is 48.5 Å². The van der Waals surface area contributed by atoms with E-state index >= 15 is 0 Å². The third-order valence-corrected chi connectivity index (χ3v) is 20.5. The van der Waals surface area contributed by atoms with Crippen LogP contribution in [0.15, 0.2) is 85.8 Å². The minimum atomic E-state index is -4.83. The molecular formula is C68H73BrF6N6O12S2. The number of ether oxygens (including phenoxy) is 8. The molecule has 27 heteroatoms. The van der Waals surface area contributed by atoms with E-state index in [1.165, 1.54) is 61.2 Å². The molecule has 6 aliphatic rings. The van der Waals surface area contributed by atoms with Gasteiger partial charge in [-0.1, -0.05) is 45.9 Å². The minimum Gasteiger partial charge on any atom is -0.489 e. The largest absolute Gasteiger partial charge is 0.573 e. The maximum Gasteiger partial charge on any atom is 0.573 e. The molecule has 4 unspecified atom stereocenters. The maximum atomic E-state index is 13.2. The molecule has 14 rings (SSSR count). The molecule has 0 aliphatic heterocycles. The van der Waals surface area contributed by atoms with E-state index in [0.29, 0.717) is 74.5 Å². The Morgan fingerprint density at radius 2 is 1.02 bits per heavy atom. The van der Waals surface area contributed by atoms with Crippen LogP contribution in [0.25, 0.3) is 42.9 Å². The van der Waals surface area contributed by atoms with Crippen molar-refractivity contribution >= 4 is 76.1 Å². The van der Waals surface area contributed by atoms with Crippen LogP contribution < -0.4 is 30.0 Å². The molecular weight excluding hydrogens is 1350 g/mol. The number of para-hydroxylation sites is 2. The fourth-order valence-electron chi connectivity index (χ4n) is 13.7. The number of hydrogen-bond acceptors (Lipinski definition) is 20. The van der Waals surface area contributed by atoms with Crippen molar-refractivity contribution < 1.29 is 82.9 Å². The van der Waals surface area contributed by atoms with Gasteiger partial charge in [0.25, 0.3) is 0 Å². The summed E-state index contributed by atoms with van der Waals surface area (Å²) in [7, 11) is 2.72. The number of aromatic nitrogens is 4. The average molecular weight is 1420 g/mol. The second-order valence-corrected chi connectivity index (χ2v) is 28.9. The Hall–Kier alpha value is -7.04. The number of anilines is 1. The first-order chi connectivity index (χ1) is 45.5. The monoisotopic (exact) mass is 1420 g/mol. The highest BCUT2D eigenvalue weighted by molar-refractivity contribution is 9.11. The van der Waals surface area contributed by atoms with Crippen molar-refractivity contribution in [3.05, 3.63) is 110 Å². The summed E-state index contributed by atoms with van der Waals surface area (Å²) in [5.74, 6) is 3.34. The first kappa shape index (κ1) is 67.9. The number of methoxy groups -OCH3 is 2. The van der Waals surface area contributed by atoms with Crippen molar-refractivity contribution in [1.82, 2.24) is 20.3 Å². The van der Waals surface area contributed by atoms with E-state index in [1.807, 2.05) is 27.7 Å². The molecule has 6 aliphatic carbocycles. The maximum absolute atomic E-state index is 13.2. The number of halogens is 7. The zero-order valence-corrected chi connectivity index (χ0v) is 56.2. The Bertz CT molecular complexity index is 4010. The second kappa shape index (κ2) is 28.6. The molecule has 0 saturated heterocycles. The highest BCUT2D eigenvalue weighted by Crippen LogP contribution is 2.51. The van der Waals surface area contributed by atoms with Gasteiger partial charge in [-0.25, -0.2) is 19.6 Å². The Kier molecular flexibility index (Phi) is 20.4. The number of esters is 2. The van der Waals surface area contributed by atoms with Crippen molar-refractivity contribution in [3.63, 3.8) is 0 Å². The van der Waals surface area contributed by atoms with Gasteiger partial charge in [-0.15, -0.1) is 37.7 Å². The quantitative estimate of drug-likeness (QED) is 0.0534. The van der Waals surface area contributed by atoms with Crippen LogP contribution in [-0.4, -0.2) is 95.7 Å². The fraction of sp³-hybridized carbons (Fsp3) is 0.500. The van der Waals surface area contributed by atoms with Crippen molar-refractivity contribution in [2.45, 2.75) is 179 Å². The number of benzene rings is 4. The molecule has 18 nitrogen and oxygen atoms in total. The number of nitrogens with one attached hydrogen (secondary N) is 1. The molecule has 4 bridgehead atoms. The highest BCUT2D eigenvalue weighted by atomic mass is 79.9. The van der Waals surface area contributed by atoms with Gasteiger partial charge in [0.2, 0.25) is 0 Å². The summed E-state index contributed by atoms with van der Waals surface area (Å²) in [6.07, 6.45) is 2.29. The Morgan fingerprint density at radius 3 is 1.45 bits per heavy atom. The van der Waals surface area contributed by atoms with Gasteiger partial charge in [0.05, 0.1) is 72.4 Å². The number of carbonyl (C=O) groups excluding carboxylic acids is 2. The third kappa shape index (κ3) is 16.2. The number of nitrogens with two attached hydrogens (primary N) is 1. The van der Waals surface area contributed by atoms with E-state index in [2.05, 4.69) is 46.0 Å². The van der Waals surface area contributed by atoms with E-state index in [9.17, 15) is 35.9 Å². The van der Waals surface area contributed by atoms with Crippen LogP contribution in [0.3, 0.4) is 0 Å². The van der Waals surface area contributed by atoms with E-state index < -0.39 is 18.7 Å². The Labute approximate surface area is 560 Å². The number of rotatable bonds is 20. The summed E-state index contributed by atoms with van der Waals surface area (Å²) in [6.45, 7) is 8.18. The third-order valence-electron chi connectivity index (χ3n) is 18.1. The number of alkyl halides is 6. The van der Waals surface area contributed by atoms with Gasteiger partial charge in [0, 0.05) is 46.2 Å². The second-order valence-electron chi connectivity index (χ2n) is 25.6. The Balaban J connectivity index is 0.000000153. The van der Waals surface area contributed by atoms with Gasteiger partial charge in [-0.3, -0.25) is 0 Å². The van der Waals surface area contributed by atoms with Crippen molar-refractivity contribution in [2.75, 3.05) is 19.5 Å². The smallest absolute Gasteiger partial charge is 0.489 e. The molecule has 4 heterocycles. The lowest BCUT2D eigenvalue weighted by atomic mass is 9.82. The molecule has 4 aromatic carbocycles. The van der Waals surface area contributed by atoms with Gasteiger partial charge in [0.1, 0.15) is 56.9 Å². The van der Waals surface area contributed by atoms with Gasteiger partial charge >= 0.3 is 24.7 Å². The SMILES string of the molecule is COC(=O)c1cc(OC(C)C)c2nc(Br)sc2c1.COC(=O)c1cc(OC(C)C)c2nc(NC3C4CCC3CC(OCc3c(-c5ccccc5OC(F)(F)F)noc3C3CC3)C4)sc2c1.NC1C2CCC1CC(OCc1c(-c3ccccc3OC(F)(F)F)noc1C1CC1)C2. The van der Waals surface area contributed by atoms with Crippen LogP contribution in [-0.2, 0) is 32.2 Å². The highest BCUT2D eigenvalue weighted by Gasteiger charge is 2.45. The standard InChI is InChI=1S/C34H36F3N3O6S.C22H25F3N2O3.C12H12BrNO3S/c1-17(2)44-26-14-21(32(41)42-3)15-27-30(26)39-33(47-27)38-28-19-10-11-20(28)13-22(12-19)43-16-24-29(40-46-31(24)18-8-9-18)23-6-4-5-7-25(23)45-34(35,36)37;23-22(24,25)29-18-4-2-1-3-16(18)20-17(21(30-27-20)12-5-6-12)11-28-15-9-13-7-8-14(10-15)19(13)26;1-6(2)17-8-4-7(11(15)16-3)5-9-10(8)14-12(13)18-9/h4-7,14-15,17-20,22,28H,8-13,16H2,1-3H3,(H,38,39);1-4,12-15,19H,5-11,26H2;4-6H,1-3H3. The number of fused-ring (bicyclic) bond motifs is 6. The molecule has 4 aromatic heterocycles. The molecule has 8 aromatic rings. The number of thiazole rings is 2. The molecule has 0 spiro atoms. The summed E-state index contributed by atoms with van der Waals surface area (Å²) in [6, 6.07) is 19.4. The molecule has 0 amide bonds. The molecule has 6 saturated carbocycles. The predicted molar refractivity (Wildman–Crippen MR) is 346 cm³/mol. The summed E-state index contributed by atoms with van der Waals surface area (Å²) in [4.78, 5) is 33.1. The lowest BCUT2D eigenvalue weighted by Crippen LogP contribution is -2.40. The van der Waals surface area contributed by atoms with Crippen LogP contribution in [0, 0.1) is 23.7 Å². The first-order valence-electron chi connectivity index (χ1n) is 31.9. The van der Waals surface area contributed by atoms with Gasteiger partial charge in [-0.05, 0) is 193 Å². The average Bonchev–Trinajstić information content (AvgIpc) is 1.75. The zero-order valence-electron chi connectivity index (χ0n) is 53.0. The lowest BCUT2D eigenvalue weighted by Gasteiger charge is -2.35. The normalized spacial score (nSPS) is 22.3. The van der Waals surface area contributed by atoms with Gasteiger partial charge in [0.15, 0.2) is 9.05 Å². The first-order valence-corrected chi connectivity index (χ1v) is 34.4. The van der Waals surface area contributed by atoms with Crippen LogP contribution in [0.2, 0.25) is 0 Å². The van der Waals surface area contributed by atoms with Crippen LogP contribution in [0.5, 0.6) is 23.0 Å². The van der Waals surface area contributed by atoms with E-state index in [-0.39, 0.29) is 90.1 Å². The van der Waals surface area contributed by atoms with E-state index in [4.69, 9.17) is 48.2 Å². The van der Waals surface area contributed by atoms with Crippen molar-refractivity contribution in [3.8, 4) is 45.5 Å².